The molecule has 1 unspecified atom stereocenters. The smallest absolute Gasteiger partial charge is 0.255 e. The second-order valence-corrected chi connectivity index (χ2v) is 5.94. The fraction of sp³-hybridized carbons (Fsp3) is 0.316. The first-order valence-corrected chi connectivity index (χ1v) is 8.10. The Balaban J connectivity index is 1.43. The van der Waals surface area contributed by atoms with Gasteiger partial charge in [0.2, 0.25) is 0 Å². The van der Waals surface area contributed by atoms with Gasteiger partial charge in [-0.3, -0.25) is 4.79 Å². The highest BCUT2D eigenvalue weighted by atomic mass is 16.3. The zero-order chi connectivity index (χ0) is 16.1. The maximum atomic E-state index is 12.0. The molecular weight excluding hydrogens is 288 g/mol. The van der Waals surface area contributed by atoms with Gasteiger partial charge in [0, 0.05) is 19.1 Å². The number of fused-ring (bicyclic) bond motifs is 1. The van der Waals surface area contributed by atoms with Crippen molar-refractivity contribution >= 4 is 5.91 Å². The number of phenols is 1. The van der Waals surface area contributed by atoms with Crippen molar-refractivity contribution in [2.45, 2.75) is 25.3 Å². The van der Waals surface area contributed by atoms with Gasteiger partial charge in [0.25, 0.3) is 5.91 Å². The van der Waals surface area contributed by atoms with Gasteiger partial charge in [0.15, 0.2) is 0 Å². The van der Waals surface area contributed by atoms with E-state index in [2.05, 4.69) is 34.9 Å². The Kier molecular flexibility index (Phi) is 4.93. The van der Waals surface area contributed by atoms with E-state index in [1.54, 1.807) is 18.2 Å². The van der Waals surface area contributed by atoms with Crippen molar-refractivity contribution in [3.05, 3.63) is 65.2 Å². The van der Waals surface area contributed by atoms with E-state index in [1.165, 1.54) is 17.2 Å². The molecule has 23 heavy (non-hydrogen) atoms. The quantitative estimate of drug-likeness (QED) is 0.743. The van der Waals surface area contributed by atoms with Crippen molar-refractivity contribution in [1.82, 2.24) is 10.6 Å². The largest absolute Gasteiger partial charge is 0.507 e. The maximum absolute atomic E-state index is 12.0. The Morgan fingerprint density at radius 2 is 1.78 bits per heavy atom. The third-order valence-corrected chi connectivity index (χ3v) is 4.34. The summed E-state index contributed by atoms with van der Waals surface area (Å²) >= 11 is 0. The molecule has 120 valence electrons. The van der Waals surface area contributed by atoms with Gasteiger partial charge in [-0.25, -0.2) is 0 Å². The van der Waals surface area contributed by atoms with Crippen molar-refractivity contribution in [3.8, 4) is 5.75 Å². The molecule has 0 fully saturated rings. The summed E-state index contributed by atoms with van der Waals surface area (Å²) in [7, 11) is 0. The number of amides is 1. The van der Waals surface area contributed by atoms with Crippen molar-refractivity contribution in [2.75, 3.05) is 13.1 Å². The number of carbonyl (C=O) groups is 1. The van der Waals surface area contributed by atoms with Crippen LogP contribution in [0, 0.1) is 0 Å². The van der Waals surface area contributed by atoms with Gasteiger partial charge in [-0.05, 0) is 42.5 Å². The number of hydrogen-bond donors (Lipinski definition) is 3. The number of para-hydroxylation sites is 1. The number of carbonyl (C=O) groups excluding carboxylic acids is 1. The average molecular weight is 310 g/mol. The highest BCUT2D eigenvalue weighted by molar-refractivity contribution is 5.96. The van der Waals surface area contributed by atoms with Gasteiger partial charge in [0.05, 0.1) is 5.56 Å². The summed E-state index contributed by atoms with van der Waals surface area (Å²) in [6.45, 7) is 1.28. The molecule has 0 spiro atoms. The SMILES string of the molecule is O=C(NCCNC1CCc2ccccc2C1)c1ccccc1O. The summed E-state index contributed by atoms with van der Waals surface area (Å²) < 4.78 is 0. The minimum atomic E-state index is -0.237. The first kappa shape index (κ1) is 15.6. The molecule has 0 heterocycles. The highest BCUT2D eigenvalue weighted by Crippen LogP contribution is 2.20. The molecule has 0 radical (unpaired) electrons. The van der Waals surface area contributed by atoms with Crippen LogP contribution < -0.4 is 10.6 Å². The van der Waals surface area contributed by atoms with Gasteiger partial charge >= 0.3 is 0 Å². The van der Waals surface area contributed by atoms with E-state index in [9.17, 15) is 9.90 Å². The predicted molar refractivity (Wildman–Crippen MR) is 90.7 cm³/mol. The molecule has 0 bridgehead atoms. The molecule has 1 amide bonds. The third-order valence-electron chi connectivity index (χ3n) is 4.34. The van der Waals surface area contributed by atoms with Crippen molar-refractivity contribution in [2.24, 2.45) is 0 Å². The maximum Gasteiger partial charge on any atom is 0.255 e. The van der Waals surface area contributed by atoms with Crippen molar-refractivity contribution in [3.63, 3.8) is 0 Å². The molecule has 4 heteroatoms. The second kappa shape index (κ2) is 7.29. The number of benzene rings is 2. The molecule has 2 aromatic carbocycles. The molecule has 1 aliphatic rings. The van der Waals surface area contributed by atoms with E-state index in [0.717, 1.165) is 25.8 Å². The van der Waals surface area contributed by atoms with E-state index < -0.39 is 0 Å². The van der Waals surface area contributed by atoms with Crippen LogP contribution in [0.25, 0.3) is 0 Å². The van der Waals surface area contributed by atoms with Crippen LogP contribution >= 0.6 is 0 Å². The van der Waals surface area contributed by atoms with Crippen LogP contribution in [-0.4, -0.2) is 30.1 Å². The van der Waals surface area contributed by atoms with Gasteiger partial charge in [-0.2, -0.15) is 0 Å². The van der Waals surface area contributed by atoms with Crippen LogP contribution in [-0.2, 0) is 12.8 Å². The topological polar surface area (TPSA) is 61.4 Å². The molecule has 2 aromatic rings. The van der Waals surface area contributed by atoms with Crippen LogP contribution in [0.15, 0.2) is 48.5 Å². The molecule has 0 aromatic heterocycles. The van der Waals surface area contributed by atoms with Gasteiger partial charge < -0.3 is 15.7 Å². The van der Waals surface area contributed by atoms with Crippen LogP contribution in [0.5, 0.6) is 5.75 Å². The number of hydrogen-bond acceptors (Lipinski definition) is 3. The van der Waals surface area contributed by atoms with Gasteiger partial charge in [-0.15, -0.1) is 0 Å². The molecule has 0 aliphatic heterocycles. The summed E-state index contributed by atoms with van der Waals surface area (Å²) in [4.78, 5) is 12.0. The zero-order valence-electron chi connectivity index (χ0n) is 13.1. The fourth-order valence-electron chi connectivity index (χ4n) is 3.09. The van der Waals surface area contributed by atoms with Crippen LogP contribution in [0.1, 0.15) is 27.9 Å². The Hall–Kier alpha value is -2.33. The van der Waals surface area contributed by atoms with E-state index in [-0.39, 0.29) is 11.7 Å². The molecule has 1 atom stereocenters. The number of aryl methyl sites for hydroxylation is 1. The van der Waals surface area contributed by atoms with Crippen LogP contribution in [0.2, 0.25) is 0 Å². The normalized spacial score (nSPS) is 16.6. The van der Waals surface area contributed by atoms with Crippen LogP contribution in [0.3, 0.4) is 0 Å². The summed E-state index contributed by atoms with van der Waals surface area (Å²) in [6.07, 6.45) is 3.28. The van der Waals surface area contributed by atoms with E-state index >= 15 is 0 Å². The van der Waals surface area contributed by atoms with Crippen LogP contribution in [0.4, 0.5) is 0 Å². The lowest BCUT2D eigenvalue weighted by Crippen LogP contribution is -2.39. The molecule has 1 aliphatic carbocycles. The highest BCUT2D eigenvalue weighted by Gasteiger charge is 2.17. The Morgan fingerprint density at radius 1 is 1.04 bits per heavy atom. The monoisotopic (exact) mass is 310 g/mol. The number of rotatable bonds is 5. The lowest BCUT2D eigenvalue weighted by atomic mass is 9.88. The Morgan fingerprint density at radius 3 is 2.61 bits per heavy atom. The number of phenolic OH excluding ortho intramolecular Hbond substituents is 1. The van der Waals surface area contributed by atoms with E-state index in [0.29, 0.717) is 18.2 Å². The Labute approximate surface area is 136 Å². The summed E-state index contributed by atoms with van der Waals surface area (Å²) in [5.74, 6) is -0.222. The molecule has 0 saturated heterocycles. The number of aromatic hydroxyl groups is 1. The first-order chi connectivity index (χ1) is 11.2. The average Bonchev–Trinajstić information content (AvgIpc) is 2.59. The first-order valence-electron chi connectivity index (χ1n) is 8.10. The molecular formula is C19H22N2O2. The van der Waals surface area contributed by atoms with Crippen molar-refractivity contribution in [1.29, 1.82) is 0 Å². The number of nitrogens with one attached hydrogen (secondary N) is 2. The van der Waals surface area contributed by atoms with Gasteiger partial charge in [0.1, 0.15) is 5.75 Å². The summed E-state index contributed by atoms with van der Waals surface area (Å²) in [5, 5.41) is 16.0. The second-order valence-electron chi connectivity index (χ2n) is 5.94. The third kappa shape index (κ3) is 3.90. The Bertz CT molecular complexity index is 685. The lowest BCUT2D eigenvalue weighted by Gasteiger charge is -2.25. The lowest BCUT2D eigenvalue weighted by molar-refractivity contribution is 0.0951. The van der Waals surface area contributed by atoms with Gasteiger partial charge in [-0.1, -0.05) is 36.4 Å². The minimum Gasteiger partial charge on any atom is -0.507 e. The standard InChI is InChI=1S/C19H22N2O2/c22-18-8-4-3-7-17(18)19(23)21-12-11-20-16-10-9-14-5-1-2-6-15(14)13-16/h1-8,16,20,22H,9-13H2,(H,21,23). The van der Waals surface area contributed by atoms with E-state index in [4.69, 9.17) is 0 Å². The van der Waals surface area contributed by atoms with Crippen molar-refractivity contribution < 1.29 is 9.90 Å². The molecule has 0 saturated carbocycles. The van der Waals surface area contributed by atoms with E-state index in [1.807, 2.05) is 0 Å². The molecule has 3 rings (SSSR count). The fourth-order valence-corrected chi connectivity index (χ4v) is 3.09. The summed E-state index contributed by atoms with van der Waals surface area (Å²) in [6, 6.07) is 15.6. The molecule has 4 nitrogen and oxygen atoms in total. The predicted octanol–water partition coefficient (Wildman–Crippen LogP) is 2.27. The summed E-state index contributed by atoms with van der Waals surface area (Å²) in [5.41, 5.74) is 3.20. The minimum absolute atomic E-state index is 0.0156. The zero-order valence-corrected chi connectivity index (χ0v) is 13.1. The molecule has 3 N–H and O–H groups in total.